The zero-order valence-electron chi connectivity index (χ0n) is 42.8. The molecule has 0 aliphatic carbocycles. The Balaban J connectivity index is 1.38. The van der Waals surface area contributed by atoms with E-state index in [1.54, 1.807) is 0 Å². The van der Waals surface area contributed by atoms with Crippen LogP contribution in [0.25, 0.3) is 0 Å². The van der Waals surface area contributed by atoms with E-state index in [9.17, 15) is 19.2 Å². The Labute approximate surface area is 412 Å². The van der Waals surface area contributed by atoms with Crippen LogP contribution >= 0.6 is 21.6 Å². The van der Waals surface area contributed by atoms with E-state index in [0.717, 1.165) is 115 Å². The molecule has 1 atom stereocenters. The van der Waals surface area contributed by atoms with Crippen LogP contribution in [0, 0.1) is 17.8 Å². The third-order valence-corrected chi connectivity index (χ3v) is 16.1. The van der Waals surface area contributed by atoms with Crippen molar-refractivity contribution in [2.75, 3.05) is 77.2 Å². The molecule has 2 aliphatic heterocycles. The van der Waals surface area contributed by atoms with Crippen molar-refractivity contribution in [1.82, 2.24) is 9.80 Å². The summed E-state index contributed by atoms with van der Waals surface area (Å²) < 4.78 is 22.1. The third-order valence-electron chi connectivity index (χ3n) is 13.8. The molecule has 1 unspecified atom stereocenters. The van der Waals surface area contributed by atoms with Gasteiger partial charge in [-0.1, -0.05) is 152 Å². The van der Waals surface area contributed by atoms with E-state index < -0.39 is 0 Å². The lowest BCUT2D eigenvalue weighted by molar-refractivity contribution is -0.148. The molecule has 2 heterocycles. The number of carbonyl (C=O) groups is 4. The topological polar surface area (TPSA) is 112 Å². The van der Waals surface area contributed by atoms with Gasteiger partial charge in [0.15, 0.2) is 0 Å². The summed E-state index contributed by atoms with van der Waals surface area (Å²) >= 11 is 0. The predicted molar refractivity (Wildman–Crippen MR) is 277 cm³/mol. The maximum Gasteiger partial charge on any atom is 0.305 e. The van der Waals surface area contributed by atoms with Crippen molar-refractivity contribution in [3.05, 3.63) is 0 Å². The van der Waals surface area contributed by atoms with E-state index in [-0.39, 0.29) is 49.6 Å². The molecule has 2 aliphatic rings. The van der Waals surface area contributed by atoms with Gasteiger partial charge >= 0.3 is 23.9 Å². The van der Waals surface area contributed by atoms with Crippen LogP contribution in [0.3, 0.4) is 0 Å². The normalized spacial score (nSPS) is 15.7. The summed E-state index contributed by atoms with van der Waals surface area (Å²) in [6, 6.07) is 0. The fourth-order valence-corrected chi connectivity index (χ4v) is 11.2. The van der Waals surface area contributed by atoms with E-state index in [0.29, 0.717) is 57.0 Å². The molecule has 10 nitrogen and oxygen atoms in total. The average molecular weight is 970 g/mol. The Morgan fingerprint density at radius 1 is 0.439 bits per heavy atom. The molecule has 2 fully saturated rings. The van der Waals surface area contributed by atoms with Crippen molar-refractivity contribution in [2.45, 2.75) is 226 Å². The second kappa shape index (κ2) is 43.5. The second-order valence-corrected chi connectivity index (χ2v) is 22.3. The van der Waals surface area contributed by atoms with Crippen molar-refractivity contribution in [3.63, 3.8) is 0 Å². The van der Waals surface area contributed by atoms with Gasteiger partial charge in [0.2, 0.25) is 0 Å². The lowest BCUT2D eigenvalue weighted by Gasteiger charge is -2.32. The fraction of sp³-hybridized carbons (Fsp3) is 0.926. The Hall–Kier alpha value is -1.50. The highest BCUT2D eigenvalue weighted by Crippen LogP contribution is 2.26. The number of esters is 4. The maximum atomic E-state index is 12.5. The Morgan fingerprint density at radius 3 is 1.21 bits per heavy atom. The molecule has 66 heavy (non-hydrogen) atoms. The molecule has 0 aromatic heterocycles. The molecule has 386 valence electrons. The number of unbranched alkanes of at least 4 members (excludes halogenated alkanes) is 15. The number of ether oxygens (including phenoxy) is 4. The minimum Gasteiger partial charge on any atom is -0.466 e. The first-order valence-corrected chi connectivity index (χ1v) is 30.1. The summed E-state index contributed by atoms with van der Waals surface area (Å²) in [6.45, 7) is 15.4. The van der Waals surface area contributed by atoms with Gasteiger partial charge in [-0.15, -0.1) is 0 Å². The fourth-order valence-electron chi connectivity index (χ4n) is 9.19. The van der Waals surface area contributed by atoms with Crippen LogP contribution in [0.5, 0.6) is 0 Å². The van der Waals surface area contributed by atoms with E-state index in [2.05, 4.69) is 30.6 Å². The van der Waals surface area contributed by atoms with Crippen LogP contribution < -0.4 is 0 Å². The van der Waals surface area contributed by atoms with E-state index in [4.69, 9.17) is 18.9 Å². The lowest BCUT2D eigenvalue weighted by Crippen LogP contribution is -2.36. The van der Waals surface area contributed by atoms with E-state index >= 15 is 0 Å². The van der Waals surface area contributed by atoms with Crippen molar-refractivity contribution in [2.24, 2.45) is 17.8 Å². The van der Waals surface area contributed by atoms with Crippen LogP contribution in [-0.2, 0) is 38.1 Å². The predicted octanol–water partition coefficient (Wildman–Crippen LogP) is 13.6. The molecule has 0 aromatic rings. The molecular formula is C54H100N2O8S2. The summed E-state index contributed by atoms with van der Waals surface area (Å²) in [4.78, 5) is 54.2. The summed E-state index contributed by atoms with van der Waals surface area (Å²) in [5.41, 5.74) is 0. The molecule has 2 saturated heterocycles. The molecule has 0 bridgehead atoms. The van der Waals surface area contributed by atoms with Crippen molar-refractivity contribution in [1.29, 1.82) is 0 Å². The highest BCUT2D eigenvalue weighted by atomic mass is 33.1. The van der Waals surface area contributed by atoms with Crippen LogP contribution in [0.15, 0.2) is 0 Å². The first-order chi connectivity index (χ1) is 32.3. The number of carbonyl (C=O) groups excluding carboxylic acids is 4. The molecular weight excluding hydrogens is 869 g/mol. The molecule has 0 aromatic carbocycles. The molecule has 0 amide bonds. The molecule has 0 radical (unpaired) electrons. The van der Waals surface area contributed by atoms with Gasteiger partial charge in [0.25, 0.3) is 0 Å². The van der Waals surface area contributed by atoms with Crippen LogP contribution in [0.2, 0.25) is 0 Å². The minimum atomic E-state index is -0.203. The summed E-state index contributed by atoms with van der Waals surface area (Å²) in [6.07, 6.45) is 33.4. The van der Waals surface area contributed by atoms with Gasteiger partial charge in [-0.05, 0) is 115 Å². The number of rotatable bonds is 44. The molecule has 2 rings (SSSR count). The van der Waals surface area contributed by atoms with Crippen molar-refractivity contribution < 1.29 is 38.1 Å². The van der Waals surface area contributed by atoms with Crippen LogP contribution in [0.1, 0.15) is 226 Å². The van der Waals surface area contributed by atoms with Gasteiger partial charge in [0.05, 0.1) is 26.4 Å². The standard InChI is InChI=1S/C54H100N2O8S2/c1-4-7-10-13-15-16-18-21-42-61-51(57)26-22-27-52(58)62-43-34-48-30-36-55(37-31-48)40-45-65-66-46-41-56-38-32-49(33-39-56)35-44-63-53(59)28-23-29-54(60)64-47-50(24-19-12-9-6-3)25-20-17-14-11-8-5-2/h48-50H,4-47H2,1-3H3. The molecule has 12 heteroatoms. The van der Waals surface area contributed by atoms with E-state index in [1.807, 2.05) is 21.6 Å². The lowest BCUT2D eigenvalue weighted by atomic mass is 9.94. The third kappa shape index (κ3) is 35.6. The van der Waals surface area contributed by atoms with Crippen LogP contribution in [0.4, 0.5) is 0 Å². The summed E-state index contributed by atoms with van der Waals surface area (Å²) in [5.74, 6) is 3.19. The monoisotopic (exact) mass is 969 g/mol. The quantitative estimate of drug-likeness (QED) is 0.0251. The average Bonchev–Trinajstić information content (AvgIpc) is 3.32. The number of nitrogens with zero attached hydrogens (tertiary/aromatic N) is 2. The van der Waals surface area contributed by atoms with Crippen LogP contribution in [-0.4, -0.2) is 111 Å². The van der Waals surface area contributed by atoms with Gasteiger partial charge in [-0.25, -0.2) is 0 Å². The van der Waals surface area contributed by atoms with Gasteiger partial charge in [-0.3, -0.25) is 19.2 Å². The van der Waals surface area contributed by atoms with Gasteiger partial charge < -0.3 is 28.7 Å². The SMILES string of the molecule is CCCCCCCCCCOC(=O)CCCC(=O)OCCC1CCN(CCSSCCN2CCC(CCOC(=O)CCCC(=O)OCC(CCCCCC)CCCCCCCC)CC2)CC1. The molecule has 0 saturated carbocycles. The van der Waals surface area contributed by atoms with Gasteiger partial charge in [0.1, 0.15) is 0 Å². The zero-order chi connectivity index (χ0) is 47.6. The second-order valence-electron chi connectivity index (χ2n) is 19.6. The van der Waals surface area contributed by atoms with Crippen molar-refractivity contribution in [3.8, 4) is 0 Å². The Kier molecular flexibility index (Phi) is 40.0. The summed E-state index contributed by atoms with van der Waals surface area (Å²) in [7, 11) is 3.98. The van der Waals surface area contributed by atoms with Gasteiger partial charge in [-0.2, -0.15) is 0 Å². The summed E-state index contributed by atoms with van der Waals surface area (Å²) in [5, 5.41) is 0. The molecule has 0 N–H and O–H groups in total. The highest BCUT2D eigenvalue weighted by Gasteiger charge is 2.21. The Bertz CT molecular complexity index is 1180. The first-order valence-electron chi connectivity index (χ1n) is 27.6. The van der Waals surface area contributed by atoms with Crippen molar-refractivity contribution >= 4 is 45.5 Å². The number of hydrogen-bond acceptors (Lipinski definition) is 12. The molecule has 0 spiro atoms. The zero-order valence-corrected chi connectivity index (χ0v) is 44.5. The first kappa shape index (κ1) is 60.6. The smallest absolute Gasteiger partial charge is 0.305 e. The highest BCUT2D eigenvalue weighted by molar-refractivity contribution is 8.76. The number of piperidine rings is 2. The largest absolute Gasteiger partial charge is 0.466 e. The minimum absolute atomic E-state index is 0.177. The maximum absolute atomic E-state index is 12.5. The number of likely N-dealkylation sites (tertiary alicyclic amines) is 2. The Morgan fingerprint density at radius 2 is 0.788 bits per heavy atom. The number of hydrogen-bond donors (Lipinski definition) is 0. The van der Waals surface area contributed by atoms with E-state index in [1.165, 1.54) is 103 Å². The van der Waals surface area contributed by atoms with Gasteiger partial charge in [0, 0.05) is 50.3 Å².